The number of nitrogens with one attached hydrogen (secondary N) is 1. The topological polar surface area (TPSA) is 75.4 Å². The second-order valence-electron chi connectivity index (χ2n) is 7.02. The smallest absolute Gasteiger partial charge is 0.317 e. The van der Waals surface area contributed by atoms with E-state index in [0.717, 1.165) is 25.7 Å². The number of hydrogen-bond donors (Lipinski definition) is 2. The minimum absolute atomic E-state index is 0.0175. The van der Waals surface area contributed by atoms with Gasteiger partial charge in [-0.05, 0) is 62.1 Å². The van der Waals surface area contributed by atoms with Crippen molar-refractivity contribution < 1.29 is 9.59 Å². The van der Waals surface area contributed by atoms with Gasteiger partial charge in [-0.3, -0.25) is 4.79 Å². The average molecular weight is 331 g/mol. The van der Waals surface area contributed by atoms with Crippen molar-refractivity contribution in [1.29, 1.82) is 0 Å². The zero-order valence-electron chi connectivity index (χ0n) is 15.0. The Kier molecular flexibility index (Phi) is 6.23. The van der Waals surface area contributed by atoms with E-state index < -0.39 is 0 Å². The quantitative estimate of drug-likeness (QED) is 0.870. The van der Waals surface area contributed by atoms with Gasteiger partial charge in [-0.1, -0.05) is 18.2 Å². The molecule has 1 aliphatic rings. The maximum absolute atomic E-state index is 12.3. The highest BCUT2D eigenvalue weighted by Crippen LogP contribution is 2.28. The number of nitrogens with two attached hydrogens (primary N) is 1. The lowest BCUT2D eigenvalue weighted by molar-refractivity contribution is -0.122. The van der Waals surface area contributed by atoms with E-state index in [1.807, 2.05) is 13.1 Å². The van der Waals surface area contributed by atoms with E-state index in [9.17, 15) is 9.59 Å². The molecule has 0 saturated heterocycles. The van der Waals surface area contributed by atoms with Gasteiger partial charge in [0.05, 0.1) is 0 Å². The summed E-state index contributed by atoms with van der Waals surface area (Å²) >= 11 is 0. The molecule has 1 aromatic rings. The molecule has 132 valence electrons. The Bertz CT molecular complexity index is 592. The Balaban J connectivity index is 1.78. The summed E-state index contributed by atoms with van der Waals surface area (Å²) in [7, 11) is 1.82. The van der Waals surface area contributed by atoms with Crippen LogP contribution in [0.2, 0.25) is 0 Å². The number of carbonyl (C=O) groups excluding carboxylic acids is 2. The zero-order chi connectivity index (χ0) is 17.7. The van der Waals surface area contributed by atoms with E-state index in [1.165, 1.54) is 16.7 Å². The van der Waals surface area contributed by atoms with Crippen molar-refractivity contribution in [3.8, 4) is 0 Å². The second kappa shape index (κ2) is 8.18. The Morgan fingerprint density at radius 1 is 1.21 bits per heavy atom. The average Bonchev–Trinajstić information content (AvgIpc) is 2.57. The lowest BCUT2D eigenvalue weighted by atomic mass is 9.82. The highest BCUT2D eigenvalue weighted by molar-refractivity contribution is 5.76. The molecule has 0 aromatic heterocycles. The zero-order valence-corrected chi connectivity index (χ0v) is 15.0. The monoisotopic (exact) mass is 331 g/mol. The predicted octanol–water partition coefficient (Wildman–Crippen LogP) is 2.74. The van der Waals surface area contributed by atoms with Crippen molar-refractivity contribution in [3.05, 3.63) is 34.9 Å². The summed E-state index contributed by atoms with van der Waals surface area (Å²) in [5.41, 5.74) is 9.01. The molecule has 0 radical (unpaired) electrons. The summed E-state index contributed by atoms with van der Waals surface area (Å²) in [6.45, 7) is 5.45. The lowest BCUT2D eigenvalue weighted by Gasteiger charge is -2.27. The first kappa shape index (κ1) is 18.3. The second-order valence-corrected chi connectivity index (χ2v) is 7.02. The van der Waals surface area contributed by atoms with Crippen LogP contribution in [0.15, 0.2) is 18.2 Å². The van der Waals surface area contributed by atoms with Crippen molar-refractivity contribution in [3.63, 3.8) is 0 Å². The molecule has 0 heterocycles. The first-order chi connectivity index (χ1) is 11.4. The van der Waals surface area contributed by atoms with Crippen LogP contribution >= 0.6 is 0 Å². The van der Waals surface area contributed by atoms with Crippen molar-refractivity contribution in [2.75, 3.05) is 13.6 Å². The van der Waals surface area contributed by atoms with Gasteiger partial charge in [-0.15, -0.1) is 0 Å². The molecule has 0 unspecified atom stereocenters. The fraction of sp³-hybridized carbons (Fsp3) is 0.579. The molecular weight excluding hydrogens is 302 g/mol. The van der Waals surface area contributed by atoms with E-state index in [-0.39, 0.29) is 17.9 Å². The fourth-order valence-electron chi connectivity index (χ4n) is 3.33. The van der Waals surface area contributed by atoms with Gasteiger partial charge in [0.15, 0.2) is 0 Å². The summed E-state index contributed by atoms with van der Waals surface area (Å²) in [5, 5.41) is 3.02. The first-order valence-electron chi connectivity index (χ1n) is 8.72. The Morgan fingerprint density at radius 3 is 2.50 bits per heavy atom. The van der Waals surface area contributed by atoms with Gasteiger partial charge in [-0.25, -0.2) is 4.79 Å². The fourth-order valence-corrected chi connectivity index (χ4v) is 3.33. The molecule has 5 heteroatoms. The largest absolute Gasteiger partial charge is 0.369 e. The number of rotatable bonds is 5. The molecule has 5 nitrogen and oxygen atoms in total. The number of hydrogen-bond acceptors (Lipinski definition) is 2. The lowest BCUT2D eigenvalue weighted by Crippen LogP contribution is -2.40. The Morgan fingerprint density at radius 2 is 1.88 bits per heavy atom. The Labute approximate surface area is 144 Å². The minimum atomic E-state index is -0.189. The summed E-state index contributed by atoms with van der Waals surface area (Å²) in [4.78, 5) is 25.2. The highest BCUT2D eigenvalue weighted by Gasteiger charge is 2.25. The number of carbonyl (C=O) groups is 2. The van der Waals surface area contributed by atoms with Crippen molar-refractivity contribution in [1.82, 2.24) is 10.2 Å². The van der Waals surface area contributed by atoms with E-state index in [0.29, 0.717) is 19.0 Å². The molecule has 3 amide bonds. The molecule has 0 aliphatic heterocycles. The van der Waals surface area contributed by atoms with Crippen LogP contribution in [0.3, 0.4) is 0 Å². The maximum atomic E-state index is 12.3. The molecule has 3 N–H and O–H groups in total. The van der Waals surface area contributed by atoms with Crippen LogP contribution in [0.1, 0.15) is 42.4 Å². The van der Waals surface area contributed by atoms with E-state index >= 15 is 0 Å². The summed E-state index contributed by atoms with van der Waals surface area (Å²) in [5.74, 6) is 0.272. The third-order valence-corrected chi connectivity index (χ3v) is 5.26. The van der Waals surface area contributed by atoms with Crippen LogP contribution in [0.25, 0.3) is 0 Å². The van der Waals surface area contributed by atoms with Gasteiger partial charge in [0.2, 0.25) is 5.91 Å². The predicted molar refractivity (Wildman–Crippen MR) is 95.4 cm³/mol. The van der Waals surface area contributed by atoms with Gasteiger partial charge >= 0.3 is 6.03 Å². The Hall–Kier alpha value is -2.04. The van der Waals surface area contributed by atoms with Crippen molar-refractivity contribution >= 4 is 11.9 Å². The molecule has 0 spiro atoms. The van der Waals surface area contributed by atoms with Gasteiger partial charge in [0.25, 0.3) is 0 Å². The number of urea groups is 1. The molecule has 24 heavy (non-hydrogen) atoms. The van der Waals surface area contributed by atoms with Gasteiger partial charge < -0.3 is 16.0 Å². The van der Waals surface area contributed by atoms with Crippen LogP contribution < -0.4 is 11.1 Å². The first-order valence-corrected chi connectivity index (χ1v) is 8.72. The number of aryl methyl sites for hydroxylation is 1. The summed E-state index contributed by atoms with van der Waals surface area (Å²) in [6, 6.07) is 6.13. The van der Waals surface area contributed by atoms with Crippen LogP contribution in [-0.4, -0.2) is 30.4 Å². The standard InChI is InChI=1S/C19H29N3O2/c1-13-5-4-6-17(14(13)2)12-22(3)19(24)21-11-15-7-9-16(10-8-15)18(20)23/h4-6,15-16H,7-12H2,1-3H3,(H2,20,23)(H,21,24). The SMILES string of the molecule is Cc1cccc(CN(C)C(=O)NCC2CCC(C(N)=O)CC2)c1C. The maximum Gasteiger partial charge on any atom is 0.317 e. The van der Waals surface area contributed by atoms with E-state index in [4.69, 9.17) is 5.73 Å². The van der Waals surface area contributed by atoms with Crippen LogP contribution in [0.5, 0.6) is 0 Å². The van der Waals surface area contributed by atoms with Crippen molar-refractivity contribution in [2.45, 2.75) is 46.1 Å². The highest BCUT2D eigenvalue weighted by atomic mass is 16.2. The van der Waals surface area contributed by atoms with E-state index in [2.05, 4.69) is 31.3 Å². The van der Waals surface area contributed by atoms with Gasteiger partial charge in [-0.2, -0.15) is 0 Å². The number of amides is 3. The molecule has 1 fully saturated rings. The number of nitrogens with zero attached hydrogens (tertiary/aromatic N) is 1. The van der Waals surface area contributed by atoms with Crippen molar-refractivity contribution in [2.24, 2.45) is 17.6 Å². The molecule has 2 rings (SSSR count). The normalized spacial score (nSPS) is 20.5. The number of primary amides is 1. The molecular formula is C19H29N3O2. The third kappa shape index (κ3) is 4.73. The molecule has 1 aliphatic carbocycles. The van der Waals surface area contributed by atoms with E-state index in [1.54, 1.807) is 4.90 Å². The van der Waals surface area contributed by atoms with Crippen LogP contribution in [0.4, 0.5) is 4.79 Å². The molecule has 1 saturated carbocycles. The summed E-state index contributed by atoms with van der Waals surface area (Å²) < 4.78 is 0. The number of benzene rings is 1. The molecule has 1 aromatic carbocycles. The van der Waals surface area contributed by atoms with Gasteiger partial charge in [0, 0.05) is 26.1 Å². The summed E-state index contributed by atoms with van der Waals surface area (Å²) in [6.07, 6.45) is 3.59. The minimum Gasteiger partial charge on any atom is -0.369 e. The van der Waals surface area contributed by atoms with Crippen LogP contribution in [-0.2, 0) is 11.3 Å². The van der Waals surface area contributed by atoms with Gasteiger partial charge in [0.1, 0.15) is 0 Å². The van der Waals surface area contributed by atoms with Crippen LogP contribution in [0, 0.1) is 25.7 Å². The molecule has 0 atom stereocenters. The molecule has 0 bridgehead atoms. The third-order valence-electron chi connectivity index (χ3n) is 5.26.